The second kappa shape index (κ2) is 12.3. The second-order valence-electron chi connectivity index (χ2n) is 7.08. The van der Waals surface area contributed by atoms with Gasteiger partial charge in [-0.1, -0.05) is 0 Å². The molecule has 2 atom stereocenters. The fourth-order valence-electron chi connectivity index (χ4n) is 2.99. The van der Waals surface area contributed by atoms with Gasteiger partial charge in [0.25, 0.3) is 0 Å². The molecule has 2 aliphatic rings. The first kappa shape index (κ1) is 23.9. The van der Waals surface area contributed by atoms with Crippen molar-refractivity contribution in [3.05, 3.63) is 24.3 Å². The third-order valence-corrected chi connectivity index (χ3v) is 4.49. The fraction of sp³-hybridized carbons (Fsp3) is 0.600. The van der Waals surface area contributed by atoms with Crippen molar-refractivity contribution in [2.45, 2.75) is 26.4 Å². The lowest BCUT2D eigenvalue weighted by Crippen LogP contribution is -2.49. The number of amides is 2. The Morgan fingerprint density at radius 1 is 0.750 bits per heavy atom. The Balaban J connectivity index is 1.36. The van der Waals surface area contributed by atoms with Gasteiger partial charge >= 0.3 is 12.2 Å². The van der Waals surface area contributed by atoms with E-state index in [1.807, 2.05) is 0 Å². The zero-order valence-electron chi connectivity index (χ0n) is 18.3. The highest BCUT2D eigenvalue weighted by Crippen LogP contribution is 2.20. The van der Waals surface area contributed by atoms with Crippen molar-refractivity contribution in [2.75, 3.05) is 52.6 Å². The summed E-state index contributed by atoms with van der Waals surface area (Å²) in [5.74, 6) is 0.977. The molecule has 2 saturated heterocycles. The van der Waals surface area contributed by atoms with Crippen LogP contribution in [0.2, 0.25) is 0 Å². The van der Waals surface area contributed by atoms with Gasteiger partial charge in [0.15, 0.2) is 0 Å². The molecule has 1 aromatic rings. The normalized spacial score (nSPS) is 19.3. The Hall–Kier alpha value is -2.80. The van der Waals surface area contributed by atoms with Gasteiger partial charge in [-0.2, -0.15) is 0 Å². The maximum atomic E-state index is 11.9. The summed E-state index contributed by atoms with van der Waals surface area (Å²) in [6, 6.07) is 6.65. The Morgan fingerprint density at radius 3 is 1.44 bits per heavy atom. The van der Waals surface area contributed by atoms with Crippen LogP contribution < -0.4 is 20.3 Å². The van der Waals surface area contributed by atoms with E-state index >= 15 is 0 Å². The zero-order valence-corrected chi connectivity index (χ0v) is 18.3. The zero-order chi connectivity index (χ0) is 22.8. The number of nitrogens with one attached hydrogen (secondary N) is 2. The van der Waals surface area contributed by atoms with Crippen molar-refractivity contribution in [2.24, 2.45) is 0 Å². The number of hydrazine groups is 2. The number of hydrogen-bond acceptors (Lipinski definition) is 10. The van der Waals surface area contributed by atoms with Crippen LogP contribution in [-0.4, -0.2) is 87.4 Å². The largest absolute Gasteiger partial charge is 0.455 e. The summed E-state index contributed by atoms with van der Waals surface area (Å²) >= 11 is 0. The van der Waals surface area contributed by atoms with Crippen molar-refractivity contribution in [1.29, 1.82) is 0 Å². The van der Waals surface area contributed by atoms with Crippen LogP contribution >= 0.6 is 0 Å². The van der Waals surface area contributed by atoms with Gasteiger partial charge in [0.1, 0.15) is 11.5 Å². The molecule has 32 heavy (non-hydrogen) atoms. The maximum Gasteiger partial charge on any atom is 0.424 e. The predicted octanol–water partition coefficient (Wildman–Crippen LogP) is 1.08. The molecule has 3 rings (SSSR count). The van der Waals surface area contributed by atoms with E-state index in [2.05, 4.69) is 10.9 Å². The monoisotopic (exact) mass is 454 g/mol. The third kappa shape index (κ3) is 8.38. The highest BCUT2D eigenvalue weighted by Gasteiger charge is 2.18. The standard InChI is InChI=1S/C20H30N4O8/c1-15(31-19(25)21-23-7-11-27-12-8-23)29-17-3-5-18(6-4-17)30-16(2)32-20(26)22-24-9-13-28-14-10-24/h3-6,15-16H,7-14H2,1-2H3,(H,21,25)(H,22,26). The van der Waals surface area contributed by atoms with Gasteiger partial charge in [-0.25, -0.2) is 19.6 Å². The Kier molecular flexibility index (Phi) is 9.16. The molecular formula is C20H30N4O8. The molecule has 1 aromatic carbocycles. The summed E-state index contributed by atoms with van der Waals surface area (Å²) in [4.78, 5) is 23.9. The molecule has 178 valence electrons. The Bertz CT molecular complexity index is 662. The highest BCUT2D eigenvalue weighted by atomic mass is 16.7. The minimum Gasteiger partial charge on any atom is -0.455 e. The molecule has 0 bridgehead atoms. The molecule has 2 amide bonds. The fourth-order valence-corrected chi connectivity index (χ4v) is 2.99. The summed E-state index contributed by atoms with van der Waals surface area (Å²) < 4.78 is 32.0. The molecule has 2 unspecified atom stereocenters. The number of ether oxygens (including phenoxy) is 6. The molecule has 0 spiro atoms. The number of benzene rings is 1. The van der Waals surface area contributed by atoms with Gasteiger partial charge in [-0.05, 0) is 24.3 Å². The summed E-state index contributed by atoms with van der Waals surface area (Å²) in [5.41, 5.74) is 5.29. The lowest BCUT2D eigenvalue weighted by molar-refractivity contribution is -0.0402. The van der Waals surface area contributed by atoms with E-state index in [4.69, 9.17) is 28.4 Å². The van der Waals surface area contributed by atoms with Gasteiger partial charge in [-0.3, -0.25) is 10.9 Å². The minimum absolute atomic E-state index is 0.489. The number of hydrogen-bond donors (Lipinski definition) is 2. The molecular weight excluding hydrogens is 424 g/mol. The molecule has 12 nitrogen and oxygen atoms in total. The molecule has 0 aromatic heterocycles. The van der Waals surface area contributed by atoms with E-state index in [0.717, 1.165) is 0 Å². The van der Waals surface area contributed by atoms with Crippen molar-refractivity contribution < 1.29 is 38.0 Å². The van der Waals surface area contributed by atoms with Crippen LogP contribution in [0.5, 0.6) is 11.5 Å². The maximum absolute atomic E-state index is 11.9. The van der Waals surface area contributed by atoms with Crippen molar-refractivity contribution in [1.82, 2.24) is 20.9 Å². The third-order valence-electron chi connectivity index (χ3n) is 4.49. The summed E-state index contributed by atoms with van der Waals surface area (Å²) in [6.45, 7) is 7.87. The summed E-state index contributed by atoms with van der Waals surface area (Å²) in [5, 5.41) is 3.46. The molecule has 12 heteroatoms. The van der Waals surface area contributed by atoms with E-state index in [-0.39, 0.29) is 0 Å². The predicted molar refractivity (Wildman–Crippen MR) is 111 cm³/mol. The summed E-state index contributed by atoms with van der Waals surface area (Å²) in [6.07, 6.45) is -2.79. The molecule has 0 radical (unpaired) electrons. The number of morpholine rings is 2. The van der Waals surface area contributed by atoms with E-state index < -0.39 is 24.8 Å². The minimum atomic E-state index is -0.797. The molecule has 2 N–H and O–H groups in total. The van der Waals surface area contributed by atoms with Gasteiger partial charge in [0, 0.05) is 40.0 Å². The average molecular weight is 454 g/mol. The van der Waals surface area contributed by atoms with Crippen molar-refractivity contribution in [3.8, 4) is 11.5 Å². The SMILES string of the molecule is CC(OC(=O)NN1CCOCC1)Oc1ccc(OC(C)OC(=O)NN2CCOCC2)cc1. The van der Waals surface area contributed by atoms with Crippen molar-refractivity contribution in [3.63, 3.8) is 0 Å². The first-order chi connectivity index (χ1) is 15.5. The molecule has 2 aliphatic heterocycles. The number of carbonyl (C=O) groups excluding carboxylic acids is 2. The highest BCUT2D eigenvalue weighted by molar-refractivity contribution is 5.67. The first-order valence-electron chi connectivity index (χ1n) is 10.5. The molecule has 0 saturated carbocycles. The van der Waals surface area contributed by atoms with E-state index in [1.165, 1.54) is 0 Å². The topological polar surface area (TPSA) is 120 Å². The Labute approximate surface area is 186 Å². The molecule has 2 heterocycles. The van der Waals surface area contributed by atoms with Crippen LogP contribution in [0.3, 0.4) is 0 Å². The average Bonchev–Trinajstić information content (AvgIpc) is 2.76. The lowest BCUT2D eigenvalue weighted by Gasteiger charge is -2.27. The van der Waals surface area contributed by atoms with Crippen LogP contribution in [0, 0.1) is 0 Å². The van der Waals surface area contributed by atoms with Gasteiger partial charge in [-0.15, -0.1) is 0 Å². The molecule has 2 fully saturated rings. The van der Waals surface area contributed by atoms with Crippen LogP contribution in [0.15, 0.2) is 24.3 Å². The van der Waals surface area contributed by atoms with E-state index in [0.29, 0.717) is 64.1 Å². The van der Waals surface area contributed by atoms with E-state index in [1.54, 1.807) is 48.1 Å². The smallest absolute Gasteiger partial charge is 0.424 e. The van der Waals surface area contributed by atoms with Gasteiger partial charge in [0.2, 0.25) is 12.6 Å². The summed E-state index contributed by atoms with van der Waals surface area (Å²) in [7, 11) is 0. The number of carbonyl (C=O) groups is 2. The molecule has 0 aliphatic carbocycles. The van der Waals surface area contributed by atoms with Crippen LogP contribution in [0.4, 0.5) is 9.59 Å². The van der Waals surface area contributed by atoms with Crippen molar-refractivity contribution >= 4 is 12.2 Å². The van der Waals surface area contributed by atoms with Gasteiger partial charge < -0.3 is 28.4 Å². The van der Waals surface area contributed by atoms with Crippen LogP contribution in [-0.2, 0) is 18.9 Å². The quantitative estimate of drug-likeness (QED) is 0.552. The first-order valence-corrected chi connectivity index (χ1v) is 10.5. The number of nitrogens with zero attached hydrogens (tertiary/aromatic N) is 2. The second-order valence-corrected chi connectivity index (χ2v) is 7.08. The lowest BCUT2D eigenvalue weighted by atomic mass is 10.3. The Morgan fingerprint density at radius 2 is 1.09 bits per heavy atom. The van der Waals surface area contributed by atoms with Gasteiger partial charge in [0.05, 0.1) is 26.4 Å². The van der Waals surface area contributed by atoms with E-state index in [9.17, 15) is 9.59 Å². The van der Waals surface area contributed by atoms with Crippen LogP contribution in [0.1, 0.15) is 13.8 Å². The van der Waals surface area contributed by atoms with Crippen LogP contribution in [0.25, 0.3) is 0 Å². The number of rotatable bonds is 8.